The molecule has 0 aliphatic carbocycles. The summed E-state index contributed by atoms with van der Waals surface area (Å²) in [7, 11) is -7.33. The zero-order valence-corrected chi connectivity index (χ0v) is 17.9. The van der Waals surface area contributed by atoms with E-state index < -0.39 is 26.5 Å². The van der Waals surface area contributed by atoms with Crippen molar-refractivity contribution in [1.29, 1.82) is 0 Å². The van der Waals surface area contributed by atoms with Crippen molar-refractivity contribution < 1.29 is 35.8 Å². The second-order valence-electron chi connectivity index (χ2n) is 6.24. The van der Waals surface area contributed by atoms with Crippen molar-refractivity contribution >= 4 is 26.5 Å². The van der Waals surface area contributed by atoms with Gasteiger partial charge in [-0.05, 0) is 5.56 Å². The second kappa shape index (κ2) is 11.5. The smallest absolute Gasteiger partial charge is 0.422 e. The first-order chi connectivity index (χ1) is 14.2. The Bertz CT molecular complexity index is 868. The third-order valence-electron chi connectivity index (χ3n) is 4.06. The number of benzene rings is 1. The number of amides is 1. The van der Waals surface area contributed by atoms with E-state index in [9.17, 15) is 21.6 Å². The maximum absolute atomic E-state index is 11.9. The van der Waals surface area contributed by atoms with Crippen molar-refractivity contribution in [2.45, 2.75) is 6.61 Å². The average Bonchev–Trinajstić information content (AvgIpc) is 2.74. The van der Waals surface area contributed by atoms with Gasteiger partial charge in [-0.25, -0.2) is 14.7 Å². The van der Waals surface area contributed by atoms with Gasteiger partial charge in [-0.15, -0.1) is 0 Å². The van der Waals surface area contributed by atoms with Crippen molar-refractivity contribution in [1.82, 2.24) is 13.3 Å². The van der Waals surface area contributed by atoms with Crippen LogP contribution in [0.1, 0.15) is 5.56 Å². The molecular formula is C16H26N4O8S2. The molecule has 2 saturated heterocycles. The predicted octanol–water partition coefficient (Wildman–Crippen LogP) is -0.988. The molecule has 1 aromatic carbocycles. The SMILES string of the molecule is NS(=O)(=O)N1CCOCC1.O=C(NS(=O)(=O)N1CCOCC1)OCc1ccccc1. The van der Waals surface area contributed by atoms with Gasteiger partial charge in [0.2, 0.25) is 0 Å². The fourth-order valence-corrected chi connectivity index (χ4v) is 4.20. The highest BCUT2D eigenvalue weighted by Gasteiger charge is 2.26. The molecule has 2 fully saturated rings. The first-order valence-electron chi connectivity index (χ1n) is 9.10. The van der Waals surface area contributed by atoms with Crippen LogP contribution in [0, 0.1) is 0 Å². The maximum atomic E-state index is 11.9. The lowest BCUT2D eigenvalue weighted by Crippen LogP contribution is -2.48. The Hall–Kier alpha value is -1.81. The van der Waals surface area contributed by atoms with Gasteiger partial charge in [-0.2, -0.15) is 25.4 Å². The molecule has 0 atom stereocenters. The lowest BCUT2D eigenvalue weighted by atomic mass is 10.2. The number of carbonyl (C=O) groups excluding carboxylic acids is 1. The van der Waals surface area contributed by atoms with E-state index in [1.807, 2.05) is 10.8 Å². The van der Waals surface area contributed by atoms with Crippen LogP contribution >= 0.6 is 0 Å². The Morgan fingerprint density at radius 1 is 0.933 bits per heavy atom. The fourth-order valence-electron chi connectivity index (χ4n) is 2.51. The third kappa shape index (κ3) is 8.51. The highest BCUT2D eigenvalue weighted by molar-refractivity contribution is 7.87. The number of nitrogens with zero attached hydrogens (tertiary/aromatic N) is 2. The molecular weight excluding hydrogens is 440 g/mol. The quantitative estimate of drug-likeness (QED) is 0.560. The number of ether oxygens (including phenoxy) is 3. The van der Waals surface area contributed by atoms with Crippen LogP contribution in [-0.4, -0.2) is 84.1 Å². The summed E-state index contributed by atoms with van der Waals surface area (Å²) in [4.78, 5) is 11.5. The second-order valence-corrected chi connectivity index (χ2v) is 9.45. The van der Waals surface area contributed by atoms with Gasteiger partial charge in [-0.3, -0.25) is 0 Å². The molecule has 2 heterocycles. The van der Waals surface area contributed by atoms with Crippen LogP contribution in [0.2, 0.25) is 0 Å². The van der Waals surface area contributed by atoms with Gasteiger partial charge in [0, 0.05) is 26.2 Å². The van der Waals surface area contributed by atoms with E-state index in [4.69, 9.17) is 19.3 Å². The topological polar surface area (TPSA) is 158 Å². The van der Waals surface area contributed by atoms with Crippen LogP contribution in [0.3, 0.4) is 0 Å². The van der Waals surface area contributed by atoms with E-state index in [1.54, 1.807) is 24.3 Å². The number of rotatable bonds is 5. The van der Waals surface area contributed by atoms with E-state index in [-0.39, 0.29) is 19.7 Å². The highest BCUT2D eigenvalue weighted by atomic mass is 32.2. The van der Waals surface area contributed by atoms with Crippen LogP contribution in [0.5, 0.6) is 0 Å². The van der Waals surface area contributed by atoms with Gasteiger partial charge in [0.1, 0.15) is 6.61 Å². The van der Waals surface area contributed by atoms with E-state index in [1.165, 1.54) is 4.31 Å². The number of hydrogen-bond donors (Lipinski definition) is 2. The molecule has 30 heavy (non-hydrogen) atoms. The minimum atomic E-state index is -3.86. The summed E-state index contributed by atoms with van der Waals surface area (Å²) in [6.45, 7) is 2.73. The molecule has 1 amide bonds. The standard InChI is InChI=1S/C12H16N2O5S.C4H10N2O3S/c15-12(19-10-11-4-2-1-3-5-11)13-20(16,17)14-6-8-18-9-7-14;5-10(7,8)6-1-3-9-4-2-6/h1-5H,6-10H2,(H,13,15);1-4H2,(H2,5,7,8). The van der Waals surface area contributed by atoms with Crippen molar-refractivity contribution in [2.24, 2.45) is 5.14 Å². The third-order valence-corrected chi connectivity index (χ3v) is 6.62. The highest BCUT2D eigenvalue weighted by Crippen LogP contribution is 2.05. The van der Waals surface area contributed by atoms with Gasteiger partial charge >= 0.3 is 16.3 Å². The molecule has 3 N–H and O–H groups in total. The molecule has 14 heteroatoms. The number of hydrogen-bond acceptors (Lipinski definition) is 8. The van der Waals surface area contributed by atoms with Gasteiger partial charge in [0.25, 0.3) is 10.2 Å². The van der Waals surface area contributed by atoms with E-state index in [0.717, 1.165) is 9.87 Å². The van der Waals surface area contributed by atoms with Crippen LogP contribution in [0.15, 0.2) is 30.3 Å². The molecule has 0 spiro atoms. The first kappa shape index (κ1) is 24.5. The van der Waals surface area contributed by atoms with E-state index in [0.29, 0.717) is 39.5 Å². The minimum absolute atomic E-state index is 0.0192. The molecule has 3 rings (SSSR count). The number of morpholine rings is 2. The molecule has 1 aromatic rings. The number of nitrogens with one attached hydrogen (secondary N) is 1. The van der Waals surface area contributed by atoms with Crippen molar-refractivity contribution in [3.8, 4) is 0 Å². The van der Waals surface area contributed by atoms with Gasteiger partial charge in [-0.1, -0.05) is 30.3 Å². The fraction of sp³-hybridized carbons (Fsp3) is 0.562. The maximum Gasteiger partial charge on any atom is 0.422 e. The van der Waals surface area contributed by atoms with Crippen molar-refractivity contribution in [2.75, 3.05) is 52.6 Å². The normalized spacial score (nSPS) is 18.7. The van der Waals surface area contributed by atoms with Gasteiger partial charge in [0.05, 0.1) is 26.4 Å². The van der Waals surface area contributed by atoms with Crippen LogP contribution < -0.4 is 9.86 Å². The minimum Gasteiger partial charge on any atom is -0.444 e. The van der Waals surface area contributed by atoms with Crippen LogP contribution in [0.25, 0.3) is 0 Å². The molecule has 12 nitrogen and oxygen atoms in total. The van der Waals surface area contributed by atoms with Crippen LogP contribution in [0.4, 0.5) is 4.79 Å². The van der Waals surface area contributed by atoms with E-state index >= 15 is 0 Å². The van der Waals surface area contributed by atoms with Crippen LogP contribution in [-0.2, 0) is 41.2 Å². The Balaban J connectivity index is 0.000000269. The molecule has 0 bridgehead atoms. The lowest BCUT2D eigenvalue weighted by Gasteiger charge is -2.25. The van der Waals surface area contributed by atoms with Crippen molar-refractivity contribution in [3.63, 3.8) is 0 Å². The predicted molar refractivity (Wildman–Crippen MR) is 107 cm³/mol. The molecule has 170 valence electrons. The largest absolute Gasteiger partial charge is 0.444 e. The van der Waals surface area contributed by atoms with Crippen molar-refractivity contribution in [3.05, 3.63) is 35.9 Å². The summed E-state index contributed by atoms with van der Waals surface area (Å²) < 4.78 is 64.1. The lowest BCUT2D eigenvalue weighted by molar-refractivity contribution is 0.0721. The summed E-state index contributed by atoms with van der Waals surface area (Å²) in [5.41, 5.74) is 0.784. The summed E-state index contributed by atoms with van der Waals surface area (Å²) in [5, 5.41) is 4.85. The zero-order chi connectivity index (χ0) is 22.0. The summed E-state index contributed by atoms with van der Waals surface area (Å²) >= 11 is 0. The monoisotopic (exact) mass is 466 g/mol. The first-order valence-corrected chi connectivity index (χ1v) is 12.0. The molecule has 0 unspecified atom stereocenters. The Morgan fingerprint density at radius 3 is 1.90 bits per heavy atom. The zero-order valence-electron chi connectivity index (χ0n) is 16.3. The Morgan fingerprint density at radius 2 is 1.43 bits per heavy atom. The summed E-state index contributed by atoms with van der Waals surface area (Å²) in [6, 6.07) is 9.02. The summed E-state index contributed by atoms with van der Waals surface area (Å²) in [6.07, 6.45) is -0.986. The Kier molecular flexibility index (Phi) is 9.41. The van der Waals surface area contributed by atoms with Gasteiger partial charge < -0.3 is 14.2 Å². The number of nitrogens with two attached hydrogens (primary N) is 1. The molecule has 2 aliphatic heterocycles. The van der Waals surface area contributed by atoms with E-state index in [2.05, 4.69) is 0 Å². The molecule has 0 radical (unpaired) electrons. The summed E-state index contributed by atoms with van der Waals surface area (Å²) in [5.74, 6) is 0. The molecule has 2 aliphatic rings. The molecule has 0 saturated carbocycles. The molecule has 0 aromatic heterocycles. The Labute approximate surface area is 176 Å². The van der Waals surface area contributed by atoms with Gasteiger partial charge in [0.15, 0.2) is 0 Å². The number of carbonyl (C=O) groups is 1. The average molecular weight is 467 g/mol.